The Morgan fingerprint density at radius 3 is 2.32 bits per heavy atom. The molecule has 0 N–H and O–H groups in total. The molecular weight excluding hydrogens is 467 g/mol. The zero-order chi connectivity index (χ0) is 24.4. The molecule has 0 spiro atoms. The Morgan fingerprint density at radius 2 is 1.65 bits per heavy atom. The van der Waals surface area contributed by atoms with Crippen molar-refractivity contribution in [3.63, 3.8) is 0 Å². The number of aryl methyl sites for hydroxylation is 2. The summed E-state index contributed by atoms with van der Waals surface area (Å²) in [5.74, 6) is 0.549. The lowest BCUT2D eigenvalue weighted by Crippen LogP contribution is -2.33. The summed E-state index contributed by atoms with van der Waals surface area (Å²) in [7, 11) is 0. The predicted octanol–water partition coefficient (Wildman–Crippen LogP) is 8.12. The second kappa shape index (κ2) is 10.1. The molecule has 0 aliphatic carbocycles. The van der Waals surface area contributed by atoms with Gasteiger partial charge in [0.15, 0.2) is 0 Å². The van der Waals surface area contributed by atoms with Crippen LogP contribution in [-0.2, 0) is 6.54 Å². The fourth-order valence-corrected chi connectivity index (χ4v) is 4.75. The normalized spacial score (nSPS) is 11.1. The van der Waals surface area contributed by atoms with Crippen molar-refractivity contribution in [1.29, 1.82) is 0 Å². The first kappa shape index (κ1) is 24.2. The maximum atomic E-state index is 12.8. The molecule has 1 aromatic heterocycles. The molecule has 4 rings (SSSR count). The minimum atomic E-state index is -0.347. The number of rotatable bonds is 6. The van der Waals surface area contributed by atoms with E-state index in [0.29, 0.717) is 35.4 Å². The molecule has 0 fully saturated rings. The van der Waals surface area contributed by atoms with Crippen LogP contribution in [0, 0.1) is 13.8 Å². The highest BCUT2D eigenvalue weighted by Crippen LogP contribution is 2.39. The van der Waals surface area contributed by atoms with Gasteiger partial charge in [0.2, 0.25) is 0 Å². The SMILES string of the molecule is CCN(CC)C(=O)Oc1ccc2c(ccn2Cc2cc(Cl)ccc2Cl)c1-c1cc(C)cc(C)c1. The van der Waals surface area contributed by atoms with E-state index in [4.69, 9.17) is 27.9 Å². The summed E-state index contributed by atoms with van der Waals surface area (Å²) >= 11 is 12.6. The van der Waals surface area contributed by atoms with E-state index in [1.807, 2.05) is 44.3 Å². The molecule has 176 valence electrons. The fourth-order valence-electron chi connectivity index (χ4n) is 4.38. The maximum Gasteiger partial charge on any atom is 0.415 e. The monoisotopic (exact) mass is 494 g/mol. The van der Waals surface area contributed by atoms with Crippen LogP contribution in [-0.4, -0.2) is 28.6 Å². The Hall–Kier alpha value is -2.95. The Bertz CT molecular complexity index is 1340. The van der Waals surface area contributed by atoms with Crippen LogP contribution >= 0.6 is 23.2 Å². The molecule has 0 aliphatic rings. The zero-order valence-electron chi connectivity index (χ0n) is 19.9. The lowest BCUT2D eigenvalue weighted by atomic mass is 9.97. The summed E-state index contributed by atoms with van der Waals surface area (Å²) in [6.45, 7) is 9.79. The average molecular weight is 495 g/mol. The van der Waals surface area contributed by atoms with E-state index in [1.54, 1.807) is 11.0 Å². The second-order valence-corrected chi connectivity index (χ2v) is 9.31. The average Bonchev–Trinajstić information content (AvgIpc) is 3.19. The van der Waals surface area contributed by atoms with Crippen molar-refractivity contribution in [2.75, 3.05) is 13.1 Å². The van der Waals surface area contributed by atoms with Gasteiger partial charge >= 0.3 is 6.09 Å². The first-order valence-electron chi connectivity index (χ1n) is 11.4. The van der Waals surface area contributed by atoms with Gasteiger partial charge in [-0.15, -0.1) is 0 Å². The molecule has 0 aliphatic heterocycles. The van der Waals surface area contributed by atoms with E-state index < -0.39 is 0 Å². The second-order valence-electron chi connectivity index (χ2n) is 8.47. The maximum absolute atomic E-state index is 12.8. The number of hydrogen-bond acceptors (Lipinski definition) is 2. The van der Waals surface area contributed by atoms with Crippen LogP contribution in [0.15, 0.2) is 60.8 Å². The van der Waals surface area contributed by atoms with E-state index in [9.17, 15) is 4.79 Å². The van der Waals surface area contributed by atoms with Crippen molar-refractivity contribution in [2.45, 2.75) is 34.2 Å². The van der Waals surface area contributed by atoms with Crippen LogP contribution in [0.1, 0.15) is 30.5 Å². The van der Waals surface area contributed by atoms with Gasteiger partial charge in [-0.1, -0.05) is 52.5 Å². The zero-order valence-corrected chi connectivity index (χ0v) is 21.4. The molecule has 6 heteroatoms. The van der Waals surface area contributed by atoms with Gasteiger partial charge in [-0.05, 0) is 75.2 Å². The van der Waals surface area contributed by atoms with Crippen molar-refractivity contribution < 1.29 is 9.53 Å². The number of ether oxygens (including phenoxy) is 1. The van der Waals surface area contributed by atoms with Gasteiger partial charge in [-0.2, -0.15) is 0 Å². The number of nitrogens with zero attached hydrogens (tertiary/aromatic N) is 2. The summed E-state index contributed by atoms with van der Waals surface area (Å²) in [5.41, 5.74) is 6.19. The van der Waals surface area contributed by atoms with Gasteiger partial charge in [0.25, 0.3) is 0 Å². The molecule has 0 atom stereocenters. The van der Waals surface area contributed by atoms with Crippen molar-refractivity contribution in [3.05, 3.63) is 87.5 Å². The molecule has 0 saturated carbocycles. The van der Waals surface area contributed by atoms with Crippen molar-refractivity contribution in [3.8, 4) is 16.9 Å². The number of amides is 1. The molecule has 4 nitrogen and oxygen atoms in total. The molecule has 0 radical (unpaired) electrons. The topological polar surface area (TPSA) is 34.5 Å². The lowest BCUT2D eigenvalue weighted by Gasteiger charge is -2.20. The third kappa shape index (κ3) is 4.94. The van der Waals surface area contributed by atoms with Crippen LogP contribution in [0.4, 0.5) is 4.79 Å². The van der Waals surface area contributed by atoms with E-state index in [0.717, 1.165) is 38.7 Å². The largest absolute Gasteiger partial charge is 0.415 e. The molecule has 0 saturated heterocycles. The molecular formula is C28H28Cl2N2O2. The third-order valence-electron chi connectivity index (χ3n) is 5.99. The number of carbonyl (C=O) groups is 1. The number of fused-ring (bicyclic) bond motifs is 1. The Labute approximate surface area is 210 Å². The molecule has 34 heavy (non-hydrogen) atoms. The van der Waals surface area contributed by atoms with Crippen LogP contribution in [0.3, 0.4) is 0 Å². The molecule has 4 aromatic rings. The quantitative estimate of drug-likeness (QED) is 0.271. The number of aromatic nitrogens is 1. The standard InChI is InChI=1S/C28H28Cl2N2O2/c1-5-31(6-2)28(33)34-26-10-9-25-23(27(26)20-14-18(3)13-19(4)15-20)11-12-32(25)17-21-16-22(29)7-8-24(21)30/h7-16H,5-6,17H2,1-4H3. The summed E-state index contributed by atoms with van der Waals surface area (Å²) < 4.78 is 8.07. The minimum absolute atomic E-state index is 0.347. The number of benzene rings is 3. The Balaban J connectivity index is 1.86. The van der Waals surface area contributed by atoms with Gasteiger partial charge in [-0.25, -0.2) is 4.79 Å². The van der Waals surface area contributed by atoms with Gasteiger partial charge in [0, 0.05) is 52.3 Å². The number of hydrogen-bond donors (Lipinski definition) is 0. The molecule has 0 bridgehead atoms. The first-order chi connectivity index (χ1) is 16.3. The number of halogens is 2. The first-order valence-corrected chi connectivity index (χ1v) is 12.2. The van der Waals surface area contributed by atoms with Crippen LogP contribution in [0.5, 0.6) is 5.75 Å². The predicted molar refractivity (Wildman–Crippen MR) is 141 cm³/mol. The smallest absolute Gasteiger partial charge is 0.410 e. The van der Waals surface area contributed by atoms with Gasteiger partial charge in [0.1, 0.15) is 5.75 Å². The summed E-state index contributed by atoms with van der Waals surface area (Å²) in [4.78, 5) is 14.5. The highest BCUT2D eigenvalue weighted by molar-refractivity contribution is 6.33. The van der Waals surface area contributed by atoms with Crippen LogP contribution < -0.4 is 4.74 Å². The van der Waals surface area contributed by atoms with Crippen molar-refractivity contribution in [2.24, 2.45) is 0 Å². The van der Waals surface area contributed by atoms with E-state index >= 15 is 0 Å². The minimum Gasteiger partial charge on any atom is -0.410 e. The van der Waals surface area contributed by atoms with Gasteiger partial charge < -0.3 is 14.2 Å². The molecule has 3 aromatic carbocycles. The van der Waals surface area contributed by atoms with Crippen molar-refractivity contribution in [1.82, 2.24) is 9.47 Å². The number of carbonyl (C=O) groups excluding carboxylic acids is 1. The highest BCUT2D eigenvalue weighted by Gasteiger charge is 2.19. The molecule has 0 unspecified atom stereocenters. The Morgan fingerprint density at radius 1 is 0.941 bits per heavy atom. The lowest BCUT2D eigenvalue weighted by molar-refractivity contribution is 0.157. The molecule has 1 heterocycles. The Kier molecular flexibility index (Phi) is 7.20. The summed E-state index contributed by atoms with van der Waals surface area (Å²) in [6, 6.07) is 17.8. The van der Waals surface area contributed by atoms with Gasteiger partial charge in [0.05, 0.1) is 0 Å². The van der Waals surface area contributed by atoms with E-state index in [-0.39, 0.29) is 6.09 Å². The van der Waals surface area contributed by atoms with Crippen LogP contribution in [0.25, 0.3) is 22.0 Å². The molecule has 1 amide bonds. The summed E-state index contributed by atoms with van der Waals surface area (Å²) in [5, 5.41) is 2.33. The fraction of sp³-hybridized carbons (Fsp3) is 0.250. The highest BCUT2D eigenvalue weighted by atomic mass is 35.5. The van der Waals surface area contributed by atoms with Crippen LogP contribution in [0.2, 0.25) is 10.0 Å². The summed E-state index contributed by atoms with van der Waals surface area (Å²) in [6.07, 6.45) is 1.68. The third-order valence-corrected chi connectivity index (χ3v) is 6.60. The van der Waals surface area contributed by atoms with Crippen molar-refractivity contribution >= 4 is 40.2 Å². The van der Waals surface area contributed by atoms with E-state index in [2.05, 4.69) is 42.7 Å². The van der Waals surface area contributed by atoms with Gasteiger partial charge in [-0.3, -0.25) is 0 Å². The van der Waals surface area contributed by atoms with E-state index in [1.165, 1.54) is 0 Å².